The van der Waals surface area contributed by atoms with Gasteiger partial charge in [-0.05, 0) is 30.9 Å². The minimum absolute atomic E-state index is 0.147. The van der Waals surface area contributed by atoms with Crippen molar-refractivity contribution >= 4 is 11.9 Å². The fourth-order valence-electron chi connectivity index (χ4n) is 3.76. The number of piperidine rings is 1. The minimum atomic E-state index is -0.547. The molecule has 154 valence electrons. The molecular formula is C24H25N3O3. The topological polar surface area (TPSA) is 64.4 Å². The fourth-order valence-corrected chi connectivity index (χ4v) is 3.76. The third kappa shape index (κ3) is 4.43. The molecule has 1 aliphatic rings. The van der Waals surface area contributed by atoms with E-state index in [1.807, 2.05) is 60.7 Å². The number of hydrogen-bond donors (Lipinski definition) is 0. The van der Waals surface area contributed by atoms with Crippen molar-refractivity contribution in [2.45, 2.75) is 19.8 Å². The summed E-state index contributed by atoms with van der Waals surface area (Å²) >= 11 is 0. The smallest absolute Gasteiger partial charge is 0.342 e. The number of ether oxygens (including phenoxy) is 1. The molecule has 0 bridgehead atoms. The fraction of sp³-hybridized carbons (Fsp3) is 0.292. The Balaban J connectivity index is 1.55. The summed E-state index contributed by atoms with van der Waals surface area (Å²) in [6, 6.07) is 19.1. The normalized spacial score (nSPS) is 16.3. The highest BCUT2D eigenvalue weighted by Gasteiger charge is 2.24. The van der Waals surface area contributed by atoms with Crippen molar-refractivity contribution < 1.29 is 14.3 Å². The van der Waals surface area contributed by atoms with E-state index in [1.165, 1.54) is 0 Å². The lowest BCUT2D eigenvalue weighted by Crippen LogP contribution is -2.41. The van der Waals surface area contributed by atoms with Gasteiger partial charge in [-0.1, -0.05) is 55.5 Å². The predicted octanol–water partition coefficient (Wildman–Crippen LogP) is 3.95. The number of amides is 1. The van der Waals surface area contributed by atoms with E-state index in [0.29, 0.717) is 17.2 Å². The molecule has 2 heterocycles. The number of hydrogen-bond acceptors (Lipinski definition) is 4. The maximum atomic E-state index is 12.9. The average molecular weight is 403 g/mol. The van der Waals surface area contributed by atoms with Crippen LogP contribution < -0.4 is 0 Å². The summed E-state index contributed by atoms with van der Waals surface area (Å²) < 4.78 is 7.07. The molecule has 6 heteroatoms. The highest BCUT2D eigenvalue weighted by molar-refractivity contribution is 5.97. The summed E-state index contributed by atoms with van der Waals surface area (Å²) in [5, 5.41) is 4.62. The van der Waals surface area contributed by atoms with E-state index in [1.54, 1.807) is 15.8 Å². The number of nitrogens with zero attached hydrogens (tertiary/aromatic N) is 3. The summed E-state index contributed by atoms with van der Waals surface area (Å²) in [4.78, 5) is 27.2. The molecule has 1 atom stereocenters. The van der Waals surface area contributed by atoms with E-state index >= 15 is 0 Å². The Morgan fingerprint density at radius 2 is 1.77 bits per heavy atom. The average Bonchev–Trinajstić information content (AvgIpc) is 3.24. The van der Waals surface area contributed by atoms with Gasteiger partial charge in [-0.15, -0.1) is 0 Å². The molecule has 0 unspecified atom stereocenters. The number of benzene rings is 2. The summed E-state index contributed by atoms with van der Waals surface area (Å²) in [5.74, 6) is -0.215. The number of para-hydroxylation sites is 1. The molecule has 1 aliphatic heterocycles. The Kier molecular flexibility index (Phi) is 5.93. The quantitative estimate of drug-likeness (QED) is 0.605. The summed E-state index contributed by atoms with van der Waals surface area (Å²) in [7, 11) is 0. The zero-order valence-electron chi connectivity index (χ0n) is 17.0. The van der Waals surface area contributed by atoms with Gasteiger partial charge >= 0.3 is 5.97 Å². The highest BCUT2D eigenvalue weighted by atomic mass is 16.5. The number of likely N-dealkylation sites (tertiary alicyclic amines) is 1. The van der Waals surface area contributed by atoms with Crippen LogP contribution in [0.25, 0.3) is 16.9 Å². The van der Waals surface area contributed by atoms with Gasteiger partial charge < -0.3 is 9.64 Å². The first-order chi connectivity index (χ1) is 14.6. The van der Waals surface area contributed by atoms with Crippen molar-refractivity contribution in [1.29, 1.82) is 0 Å². The van der Waals surface area contributed by atoms with Gasteiger partial charge in [0.2, 0.25) is 0 Å². The Bertz CT molecular complexity index is 1010. The zero-order valence-corrected chi connectivity index (χ0v) is 17.0. The van der Waals surface area contributed by atoms with Crippen LogP contribution in [0.2, 0.25) is 0 Å². The van der Waals surface area contributed by atoms with Gasteiger partial charge in [0.25, 0.3) is 5.91 Å². The first kappa shape index (κ1) is 19.9. The molecule has 30 heavy (non-hydrogen) atoms. The molecule has 6 nitrogen and oxygen atoms in total. The van der Waals surface area contributed by atoms with E-state index in [-0.39, 0.29) is 12.5 Å². The van der Waals surface area contributed by atoms with Crippen LogP contribution in [0.4, 0.5) is 0 Å². The van der Waals surface area contributed by atoms with Gasteiger partial charge in [-0.25, -0.2) is 9.48 Å². The van der Waals surface area contributed by atoms with Gasteiger partial charge in [0, 0.05) is 24.8 Å². The number of esters is 1. The van der Waals surface area contributed by atoms with Crippen LogP contribution in [0, 0.1) is 5.92 Å². The van der Waals surface area contributed by atoms with Gasteiger partial charge in [-0.2, -0.15) is 5.10 Å². The van der Waals surface area contributed by atoms with E-state index in [2.05, 4.69) is 12.0 Å². The number of carbonyl (C=O) groups is 2. The van der Waals surface area contributed by atoms with Gasteiger partial charge in [-0.3, -0.25) is 4.79 Å². The van der Waals surface area contributed by atoms with Crippen LogP contribution in [0.15, 0.2) is 66.9 Å². The largest absolute Gasteiger partial charge is 0.452 e. The van der Waals surface area contributed by atoms with Crippen molar-refractivity contribution in [3.05, 3.63) is 72.4 Å². The van der Waals surface area contributed by atoms with Crippen LogP contribution in [-0.4, -0.2) is 46.3 Å². The van der Waals surface area contributed by atoms with E-state index < -0.39 is 5.97 Å². The first-order valence-corrected chi connectivity index (χ1v) is 10.3. The SMILES string of the molecule is C[C@@H]1CCCN(C(=O)COC(=O)c2cn(-c3ccccc3)nc2-c2ccccc2)C1. The molecule has 1 aromatic heterocycles. The van der Waals surface area contributed by atoms with Crippen LogP contribution in [0.5, 0.6) is 0 Å². The lowest BCUT2D eigenvalue weighted by atomic mass is 10.0. The third-order valence-corrected chi connectivity index (χ3v) is 5.34. The van der Waals surface area contributed by atoms with E-state index in [0.717, 1.165) is 37.2 Å². The maximum Gasteiger partial charge on any atom is 0.342 e. The Hall–Kier alpha value is -3.41. The van der Waals surface area contributed by atoms with Gasteiger partial charge in [0.15, 0.2) is 6.61 Å². The summed E-state index contributed by atoms with van der Waals surface area (Å²) in [5.41, 5.74) is 2.52. The zero-order chi connectivity index (χ0) is 20.9. The molecule has 0 aliphatic carbocycles. The van der Waals surface area contributed by atoms with Crippen LogP contribution in [0.3, 0.4) is 0 Å². The van der Waals surface area contributed by atoms with Crippen LogP contribution in [0.1, 0.15) is 30.1 Å². The van der Waals surface area contributed by atoms with Crippen molar-refractivity contribution in [2.75, 3.05) is 19.7 Å². The molecule has 0 spiro atoms. The molecule has 2 aromatic carbocycles. The molecule has 1 saturated heterocycles. The Morgan fingerprint density at radius 1 is 1.07 bits per heavy atom. The molecule has 0 N–H and O–H groups in total. The van der Waals surface area contributed by atoms with Crippen molar-refractivity contribution in [1.82, 2.24) is 14.7 Å². The minimum Gasteiger partial charge on any atom is -0.452 e. The van der Waals surface area contributed by atoms with Crippen molar-refractivity contribution in [3.8, 4) is 16.9 Å². The first-order valence-electron chi connectivity index (χ1n) is 10.3. The second-order valence-corrected chi connectivity index (χ2v) is 7.70. The molecule has 0 saturated carbocycles. The Morgan fingerprint density at radius 3 is 2.47 bits per heavy atom. The third-order valence-electron chi connectivity index (χ3n) is 5.34. The number of carbonyl (C=O) groups excluding carboxylic acids is 2. The van der Waals surface area contributed by atoms with Crippen LogP contribution >= 0.6 is 0 Å². The molecule has 1 amide bonds. The predicted molar refractivity (Wildman–Crippen MR) is 114 cm³/mol. The molecule has 1 fully saturated rings. The van der Waals surface area contributed by atoms with Crippen LogP contribution in [-0.2, 0) is 9.53 Å². The lowest BCUT2D eigenvalue weighted by molar-refractivity contribution is -0.136. The van der Waals surface area contributed by atoms with E-state index in [4.69, 9.17) is 4.74 Å². The Labute approximate surface area is 176 Å². The molecule has 0 radical (unpaired) electrons. The standard InChI is InChI=1S/C24H25N3O3/c1-18-9-8-14-26(15-18)22(28)17-30-24(29)21-16-27(20-12-6-3-7-13-20)25-23(21)19-10-4-2-5-11-19/h2-7,10-13,16,18H,8-9,14-15,17H2,1H3/t18-/m1/s1. The van der Waals surface area contributed by atoms with E-state index in [9.17, 15) is 9.59 Å². The molecular weight excluding hydrogens is 378 g/mol. The maximum absolute atomic E-state index is 12.9. The van der Waals surface area contributed by atoms with Crippen molar-refractivity contribution in [3.63, 3.8) is 0 Å². The second kappa shape index (κ2) is 8.95. The molecule has 3 aromatic rings. The summed E-state index contributed by atoms with van der Waals surface area (Å²) in [6.07, 6.45) is 3.78. The second-order valence-electron chi connectivity index (χ2n) is 7.70. The monoisotopic (exact) mass is 403 g/mol. The number of rotatable bonds is 5. The van der Waals surface area contributed by atoms with Gasteiger partial charge in [0.05, 0.1) is 5.69 Å². The molecule has 4 rings (SSSR count). The van der Waals surface area contributed by atoms with Gasteiger partial charge in [0.1, 0.15) is 11.3 Å². The highest BCUT2D eigenvalue weighted by Crippen LogP contribution is 2.24. The lowest BCUT2D eigenvalue weighted by Gasteiger charge is -2.30. The van der Waals surface area contributed by atoms with Crippen molar-refractivity contribution in [2.24, 2.45) is 5.92 Å². The summed E-state index contributed by atoms with van der Waals surface area (Å²) in [6.45, 7) is 3.32. The number of aromatic nitrogens is 2.